The molecule has 0 saturated carbocycles. The smallest absolute Gasteiger partial charge is 0.274 e. The number of nitrogens with one attached hydrogen (secondary N) is 4. The molecule has 39 heavy (non-hydrogen) atoms. The topological polar surface area (TPSA) is 197 Å². The highest BCUT2D eigenvalue weighted by Crippen LogP contribution is 2.34. The number of thiazole rings is 1. The number of guanidine groups is 1. The molecule has 1 aliphatic heterocycles. The lowest BCUT2D eigenvalue weighted by atomic mass is 10.1. The van der Waals surface area contributed by atoms with Crippen LogP contribution in [0, 0.1) is 8.98 Å². The van der Waals surface area contributed by atoms with E-state index in [0.717, 1.165) is 3.57 Å². The normalized spacial score (nSPS) is 17.7. The zero-order chi connectivity index (χ0) is 28.1. The van der Waals surface area contributed by atoms with Gasteiger partial charge >= 0.3 is 0 Å². The molecular weight excluding hydrogens is 635 g/mol. The number of likely N-dealkylation sites (N-methyl/N-ethyl adjacent to an activating group) is 1. The second kappa shape index (κ2) is 12.7. The van der Waals surface area contributed by atoms with Gasteiger partial charge in [-0.2, -0.15) is 0 Å². The Hall–Kier alpha value is -3.31. The maximum Gasteiger partial charge on any atom is 0.274 e. The fraction of sp³-hybridized carbons (Fsp3) is 0.417. The van der Waals surface area contributed by atoms with E-state index in [4.69, 9.17) is 16.9 Å². The molecule has 1 unspecified atom stereocenters. The largest absolute Gasteiger partial charge is 0.370 e. The summed E-state index contributed by atoms with van der Waals surface area (Å²) in [6.07, 6.45) is 5.85. The first kappa shape index (κ1) is 28.7. The molecule has 208 valence electrons. The number of nitrogens with zero attached hydrogens (tertiary/aromatic N) is 4. The number of halogens is 1. The molecule has 3 aromatic heterocycles. The van der Waals surface area contributed by atoms with Crippen LogP contribution in [0.15, 0.2) is 29.9 Å². The van der Waals surface area contributed by atoms with Gasteiger partial charge in [0.2, 0.25) is 5.91 Å². The standard InChI is InChI=1S/C24H31IN10O3S/c1-29-20(36)15(4-2-3-7-30-24(27)28)32-21(37)17-12-39-22(33-17)18-8-14(26)10-35(18)23(38)16-11-34-9-13(25)5-6-19(34)31-16/h5-6,9,11-12,14-15,18H,2-4,7-8,10,26H2,1H3,(H,29,36)(H,32,37)(H4,27,28,30)/t14-,15?,18+/m1/s1. The van der Waals surface area contributed by atoms with Crippen molar-refractivity contribution in [2.24, 2.45) is 11.5 Å². The lowest BCUT2D eigenvalue weighted by Crippen LogP contribution is -2.45. The lowest BCUT2D eigenvalue weighted by Gasteiger charge is -2.22. The van der Waals surface area contributed by atoms with Crippen LogP contribution in [-0.2, 0) is 4.79 Å². The fourth-order valence-electron chi connectivity index (χ4n) is 4.46. The third-order valence-corrected chi connectivity index (χ3v) is 7.96. The number of fused-ring (bicyclic) bond motifs is 1. The molecule has 8 N–H and O–H groups in total. The number of pyridine rings is 1. The molecule has 1 saturated heterocycles. The third-order valence-electron chi connectivity index (χ3n) is 6.37. The Morgan fingerprint density at radius 3 is 2.77 bits per heavy atom. The maximum atomic E-state index is 13.4. The zero-order valence-electron chi connectivity index (χ0n) is 21.3. The molecule has 4 heterocycles. The SMILES string of the molecule is CNC(=O)C(CCCCNC(=N)N)NC(=O)c1csc([C@@H]2C[C@@H](N)CN2C(=O)c2cn3cc(I)ccc3n2)n1. The molecule has 0 aromatic carbocycles. The Morgan fingerprint density at radius 1 is 1.23 bits per heavy atom. The molecule has 3 aromatic rings. The Bertz CT molecular complexity index is 1380. The van der Waals surface area contributed by atoms with Crippen molar-refractivity contribution >= 4 is 63.3 Å². The molecule has 1 fully saturated rings. The van der Waals surface area contributed by atoms with E-state index in [-0.39, 0.29) is 35.6 Å². The molecule has 15 heteroatoms. The highest BCUT2D eigenvalue weighted by molar-refractivity contribution is 14.1. The summed E-state index contributed by atoms with van der Waals surface area (Å²) < 4.78 is 2.84. The molecule has 0 bridgehead atoms. The highest BCUT2D eigenvalue weighted by Gasteiger charge is 2.38. The third kappa shape index (κ3) is 7.02. The molecular formula is C24H31IN10O3S. The van der Waals surface area contributed by atoms with Gasteiger partial charge in [0.1, 0.15) is 28.1 Å². The highest BCUT2D eigenvalue weighted by atomic mass is 127. The monoisotopic (exact) mass is 666 g/mol. The summed E-state index contributed by atoms with van der Waals surface area (Å²) in [5, 5.41) is 17.5. The summed E-state index contributed by atoms with van der Waals surface area (Å²) in [5.41, 5.74) is 12.7. The van der Waals surface area contributed by atoms with Gasteiger partial charge in [0, 0.05) is 47.5 Å². The Kier molecular flexibility index (Phi) is 9.34. The first-order valence-electron chi connectivity index (χ1n) is 12.4. The van der Waals surface area contributed by atoms with Crippen molar-refractivity contribution in [2.45, 2.75) is 43.8 Å². The van der Waals surface area contributed by atoms with Crippen molar-refractivity contribution in [3.8, 4) is 0 Å². The number of likely N-dealkylation sites (tertiary alicyclic amines) is 1. The van der Waals surface area contributed by atoms with E-state index >= 15 is 0 Å². The summed E-state index contributed by atoms with van der Waals surface area (Å²) >= 11 is 3.48. The van der Waals surface area contributed by atoms with Gasteiger partial charge in [0.25, 0.3) is 11.8 Å². The number of aromatic nitrogens is 3. The quantitative estimate of drug-likeness (QED) is 0.0791. The second-order valence-electron chi connectivity index (χ2n) is 9.26. The number of unbranched alkanes of at least 4 members (excludes halogenated alkanes) is 1. The van der Waals surface area contributed by atoms with Gasteiger partial charge in [-0.15, -0.1) is 11.3 Å². The maximum absolute atomic E-state index is 13.4. The number of carbonyl (C=O) groups is 3. The minimum absolute atomic E-state index is 0.109. The van der Waals surface area contributed by atoms with Gasteiger partial charge in [0.15, 0.2) is 5.96 Å². The van der Waals surface area contributed by atoms with Crippen LogP contribution in [0.3, 0.4) is 0 Å². The minimum Gasteiger partial charge on any atom is -0.370 e. The van der Waals surface area contributed by atoms with Crippen molar-refractivity contribution in [3.05, 3.63) is 49.9 Å². The van der Waals surface area contributed by atoms with Crippen LogP contribution in [0.1, 0.15) is 57.7 Å². The van der Waals surface area contributed by atoms with E-state index in [1.54, 1.807) is 16.5 Å². The van der Waals surface area contributed by atoms with E-state index in [9.17, 15) is 14.4 Å². The van der Waals surface area contributed by atoms with Gasteiger partial charge in [-0.25, -0.2) is 9.97 Å². The minimum atomic E-state index is -0.735. The average molecular weight is 667 g/mol. The molecule has 1 aliphatic rings. The predicted octanol–water partition coefficient (Wildman–Crippen LogP) is 0.808. The zero-order valence-corrected chi connectivity index (χ0v) is 24.3. The van der Waals surface area contributed by atoms with Crippen molar-refractivity contribution < 1.29 is 14.4 Å². The van der Waals surface area contributed by atoms with E-state index in [1.807, 2.05) is 22.7 Å². The Morgan fingerprint density at radius 2 is 2.03 bits per heavy atom. The number of hydrogen-bond acceptors (Lipinski definition) is 8. The van der Waals surface area contributed by atoms with Crippen molar-refractivity contribution in [1.82, 2.24) is 35.2 Å². The van der Waals surface area contributed by atoms with Crippen LogP contribution in [0.25, 0.3) is 5.65 Å². The van der Waals surface area contributed by atoms with E-state index in [2.05, 4.69) is 48.5 Å². The van der Waals surface area contributed by atoms with Crippen molar-refractivity contribution in [2.75, 3.05) is 20.1 Å². The fourth-order valence-corrected chi connectivity index (χ4v) is 5.86. The van der Waals surface area contributed by atoms with Crippen LogP contribution >= 0.6 is 33.9 Å². The second-order valence-corrected chi connectivity index (χ2v) is 11.4. The number of carbonyl (C=O) groups excluding carboxylic acids is 3. The molecule has 0 aliphatic carbocycles. The summed E-state index contributed by atoms with van der Waals surface area (Å²) in [7, 11) is 1.51. The van der Waals surface area contributed by atoms with Crippen molar-refractivity contribution in [3.63, 3.8) is 0 Å². The van der Waals surface area contributed by atoms with Gasteiger partial charge in [0.05, 0.1) is 6.04 Å². The van der Waals surface area contributed by atoms with Crippen LogP contribution in [-0.4, -0.2) is 75.2 Å². The molecule has 0 spiro atoms. The number of rotatable bonds is 10. The number of imidazole rings is 1. The summed E-state index contributed by atoms with van der Waals surface area (Å²) in [6, 6.07) is 2.43. The summed E-state index contributed by atoms with van der Waals surface area (Å²) in [5.74, 6) is -1.13. The van der Waals surface area contributed by atoms with Crippen LogP contribution in [0.5, 0.6) is 0 Å². The van der Waals surface area contributed by atoms with E-state index < -0.39 is 11.9 Å². The number of hydrogen-bond donors (Lipinski definition) is 6. The average Bonchev–Trinajstić information content (AvgIpc) is 3.64. The lowest BCUT2D eigenvalue weighted by molar-refractivity contribution is -0.122. The van der Waals surface area contributed by atoms with Gasteiger partial charge in [-0.1, -0.05) is 0 Å². The number of nitrogens with two attached hydrogens (primary N) is 2. The molecule has 13 nitrogen and oxygen atoms in total. The summed E-state index contributed by atoms with van der Waals surface area (Å²) in [6.45, 7) is 0.861. The van der Waals surface area contributed by atoms with Gasteiger partial charge in [-0.3, -0.25) is 19.8 Å². The van der Waals surface area contributed by atoms with Crippen LogP contribution in [0.2, 0.25) is 0 Å². The molecule has 3 atom stereocenters. The van der Waals surface area contributed by atoms with Gasteiger partial charge in [-0.05, 0) is 60.4 Å². The van der Waals surface area contributed by atoms with E-state index in [1.165, 1.54) is 18.4 Å². The van der Waals surface area contributed by atoms with Gasteiger partial charge < -0.3 is 36.7 Å². The Balaban J connectivity index is 1.43. The summed E-state index contributed by atoms with van der Waals surface area (Å²) in [4.78, 5) is 49.4. The molecule has 0 radical (unpaired) electrons. The van der Waals surface area contributed by atoms with Crippen LogP contribution in [0.4, 0.5) is 0 Å². The predicted molar refractivity (Wildman–Crippen MR) is 155 cm³/mol. The molecule has 4 rings (SSSR count). The number of amides is 3. The first-order chi connectivity index (χ1) is 18.7. The molecule has 3 amide bonds. The first-order valence-corrected chi connectivity index (χ1v) is 14.4. The van der Waals surface area contributed by atoms with E-state index in [0.29, 0.717) is 55.1 Å². The van der Waals surface area contributed by atoms with Crippen molar-refractivity contribution in [1.29, 1.82) is 5.41 Å². The van der Waals surface area contributed by atoms with Crippen LogP contribution < -0.4 is 27.4 Å². The Labute approximate surface area is 242 Å².